The molecule has 5 aromatic rings. The van der Waals surface area contributed by atoms with Crippen LogP contribution in [0.3, 0.4) is 0 Å². The van der Waals surface area contributed by atoms with E-state index in [9.17, 15) is 9.59 Å². The van der Waals surface area contributed by atoms with Gasteiger partial charge in [-0.2, -0.15) is 0 Å². The molecule has 10 heteroatoms. The number of carbonyl (C=O) groups is 1. The molecule has 1 aromatic heterocycles. The van der Waals surface area contributed by atoms with E-state index in [0.29, 0.717) is 56.0 Å². The average Bonchev–Trinajstić information content (AvgIpc) is 3.34. The standard InChI is InChI=1S/C36H29BrClN3O4S/c1-3-44-28-15-13-25(14-16-28)33-32(34(42)40-27-10-5-4-6-11-27)22(2)39-36-41(33)35(43)31(46-36)20-23-12-17-30(29(37)19-23)45-21-24-8-7-9-26(38)18-24/h4-20,33H,3,21H2,1-2H3,(H,40,42)/b31-20-/t33-/m0/s1. The van der Waals surface area contributed by atoms with Gasteiger partial charge in [-0.3, -0.25) is 14.2 Å². The van der Waals surface area contributed by atoms with E-state index in [0.717, 1.165) is 21.2 Å². The highest BCUT2D eigenvalue weighted by Gasteiger charge is 2.32. The van der Waals surface area contributed by atoms with Crippen LogP contribution in [0.1, 0.15) is 36.6 Å². The SMILES string of the molecule is CCOc1ccc([C@H]2C(C(=O)Nc3ccccc3)=C(C)N=c3s/c(=C\c4ccc(OCc5cccc(Cl)c5)c(Br)c4)c(=O)n32)cc1. The number of hydrogen-bond donors (Lipinski definition) is 1. The largest absolute Gasteiger partial charge is 0.494 e. The van der Waals surface area contributed by atoms with E-state index in [-0.39, 0.29) is 11.5 Å². The van der Waals surface area contributed by atoms with E-state index in [1.54, 1.807) is 11.5 Å². The topological polar surface area (TPSA) is 81.9 Å². The van der Waals surface area contributed by atoms with E-state index in [2.05, 4.69) is 21.2 Å². The summed E-state index contributed by atoms with van der Waals surface area (Å²) in [5, 5.41) is 3.63. The second-order valence-electron chi connectivity index (χ2n) is 10.5. The van der Waals surface area contributed by atoms with Crippen LogP contribution in [-0.4, -0.2) is 17.1 Å². The second kappa shape index (κ2) is 13.9. The Morgan fingerprint density at radius 3 is 2.52 bits per heavy atom. The number of hydrogen-bond acceptors (Lipinski definition) is 6. The predicted octanol–water partition coefficient (Wildman–Crippen LogP) is 7.27. The minimum Gasteiger partial charge on any atom is -0.494 e. The number of amides is 1. The first-order chi connectivity index (χ1) is 22.3. The zero-order valence-corrected chi connectivity index (χ0v) is 28.2. The fourth-order valence-corrected chi connectivity index (χ4v) is 6.99. The van der Waals surface area contributed by atoms with E-state index in [4.69, 9.17) is 26.1 Å². The molecular weight excluding hydrogens is 686 g/mol. The molecule has 232 valence electrons. The lowest BCUT2D eigenvalue weighted by molar-refractivity contribution is -0.113. The van der Waals surface area contributed by atoms with Crippen LogP contribution in [-0.2, 0) is 11.4 Å². The molecule has 4 aromatic carbocycles. The van der Waals surface area contributed by atoms with Gasteiger partial charge >= 0.3 is 0 Å². The molecule has 0 bridgehead atoms. The predicted molar refractivity (Wildman–Crippen MR) is 186 cm³/mol. The van der Waals surface area contributed by atoms with Crippen LogP contribution in [0.15, 0.2) is 123 Å². The Morgan fingerprint density at radius 1 is 1.02 bits per heavy atom. The first-order valence-corrected chi connectivity index (χ1v) is 16.6. The van der Waals surface area contributed by atoms with Gasteiger partial charge in [0.25, 0.3) is 11.5 Å². The Kier molecular flexibility index (Phi) is 9.53. The summed E-state index contributed by atoms with van der Waals surface area (Å²) in [6.45, 7) is 4.62. The summed E-state index contributed by atoms with van der Waals surface area (Å²) in [4.78, 5) is 33.1. The Hall–Kier alpha value is -4.44. The minimum absolute atomic E-state index is 0.238. The van der Waals surface area contributed by atoms with Gasteiger partial charge in [-0.1, -0.05) is 71.5 Å². The summed E-state index contributed by atoms with van der Waals surface area (Å²) in [5.74, 6) is 1.05. The smallest absolute Gasteiger partial charge is 0.271 e. The highest BCUT2D eigenvalue weighted by atomic mass is 79.9. The summed E-state index contributed by atoms with van der Waals surface area (Å²) < 4.78 is 14.5. The maximum Gasteiger partial charge on any atom is 0.271 e. The van der Waals surface area contributed by atoms with Gasteiger partial charge in [0, 0.05) is 10.7 Å². The van der Waals surface area contributed by atoms with E-state index in [1.807, 2.05) is 110 Å². The Labute approximate surface area is 283 Å². The van der Waals surface area contributed by atoms with Crippen molar-refractivity contribution in [3.8, 4) is 11.5 Å². The van der Waals surface area contributed by atoms with Crippen molar-refractivity contribution in [2.75, 3.05) is 11.9 Å². The molecular formula is C36H29BrClN3O4S. The van der Waals surface area contributed by atoms with Crippen LogP contribution in [0.5, 0.6) is 11.5 Å². The Morgan fingerprint density at radius 2 is 1.80 bits per heavy atom. The second-order valence-corrected chi connectivity index (χ2v) is 12.8. The molecule has 0 spiro atoms. The highest BCUT2D eigenvalue weighted by molar-refractivity contribution is 9.10. The molecule has 1 aliphatic heterocycles. The lowest BCUT2D eigenvalue weighted by Gasteiger charge is -2.25. The molecule has 0 saturated carbocycles. The number of halogens is 2. The molecule has 1 N–H and O–H groups in total. The third-order valence-corrected chi connectivity index (χ3v) is 9.18. The van der Waals surface area contributed by atoms with E-state index >= 15 is 0 Å². The summed E-state index contributed by atoms with van der Waals surface area (Å²) in [6, 6.07) is 29.2. The minimum atomic E-state index is -0.688. The van der Waals surface area contributed by atoms with Gasteiger partial charge < -0.3 is 14.8 Å². The molecule has 0 aliphatic carbocycles. The number of nitrogens with one attached hydrogen (secondary N) is 1. The van der Waals surface area contributed by atoms with Crippen LogP contribution in [0, 0.1) is 0 Å². The Balaban J connectivity index is 1.36. The van der Waals surface area contributed by atoms with Crippen LogP contribution < -0.4 is 29.7 Å². The van der Waals surface area contributed by atoms with Crippen molar-refractivity contribution < 1.29 is 14.3 Å². The van der Waals surface area contributed by atoms with Crippen molar-refractivity contribution in [1.82, 2.24) is 4.57 Å². The van der Waals surface area contributed by atoms with Crippen molar-refractivity contribution in [2.24, 2.45) is 4.99 Å². The van der Waals surface area contributed by atoms with Gasteiger partial charge in [-0.05, 0) is 101 Å². The third kappa shape index (κ3) is 6.87. The Bertz CT molecular complexity index is 2130. The molecule has 1 aliphatic rings. The van der Waals surface area contributed by atoms with Gasteiger partial charge in [0.2, 0.25) is 0 Å². The number of thiazole rings is 1. The van der Waals surface area contributed by atoms with Crippen molar-refractivity contribution in [2.45, 2.75) is 26.5 Å². The van der Waals surface area contributed by atoms with Crippen molar-refractivity contribution >= 4 is 56.5 Å². The van der Waals surface area contributed by atoms with Crippen LogP contribution >= 0.6 is 38.9 Å². The van der Waals surface area contributed by atoms with Crippen LogP contribution in [0.4, 0.5) is 5.69 Å². The van der Waals surface area contributed by atoms with Crippen LogP contribution in [0.2, 0.25) is 5.02 Å². The zero-order valence-electron chi connectivity index (χ0n) is 25.0. The number of benzene rings is 4. The first-order valence-electron chi connectivity index (χ1n) is 14.6. The number of ether oxygens (including phenoxy) is 2. The molecule has 1 amide bonds. The summed E-state index contributed by atoms with van der Waals surface area (Å²) >= 11 is 11.0. The molecule has 2 heterocycles. The number of carbonyl (C=O) groups excluding carboxylic acids is 1. The number of anilines is 1. The maximum atomic E-state index is 14.1. The number of rotatable bonds is 9. The molecule has 0 fully saturated rings. The molecule has 46 heavy (non-hydrogen) atoms. The molecule has 0 unspecified atom stereocenters. The molecule has 1 atom stereocenters. The van der Waals surface area contributed by atoms with E-state index in [1.165, 1.54) is 11.3 Å². The van der Waals surface area contributed by atoms with Crippen molar-refractivity contribution in [3.05, 3.63) is 154 Å². The number of allylic oxidation sites excluding steroid dienone is 1. The lowest BCUT2D eigenvalue weighted by Crippen LogP contribution is -2.40. The zero-order chi connectivity index (χ0) is 32.2. The molecule has 0 radical (unpaired) electrons. The fourth-order valence-electron chi connectivity index (χ4n) is 5.22. The van der Waals surface area contributed by atoms with E-state index < -0.39 is 6.04 Å². The number of aromatic nitrogens is 1. The quantitative estimate of drug-likeness (QED) is 0.174. The third-order valence-electron chi connectivity index (χ3n) is 7.34. The monoisotopic (exact) mass is 713 g/mol. The highest BCUT2D eigenvalue weighted by Crippen LogP contribution is 2.32. The number of nitrogens with zero attached hydrogens (tertiary/aromatic N) is 2. The normalized spacial score (nSPS) is 14.4. The number of fused-ring (bicyclic) bond motifs is 1. The number of para-hydroxylation sites is 1. The maximum absolute atomic E-state index is 14.1. The van der Waals surface area contributed by atoms with Gasteiger partial charge in [-0.25, -0.2) is 4.99 Å². The van der Waals surface area contributed by atoms with Crippen LogP contribution in [0.25, 0.3) is 6.08 Å². The fraction of sp³-hybridized carbons (Fsp3) is 0.139. The van der Waals surface area contributed by atoms with Gasteiger partial charge in [0.05, 0.1) is 32.9 Å². The molecule has 6 rings (SSSR count). The van der Waals surface area contributed by atoms with Crippen molar-refractivity contribution in [3.63, 3.8) is 0 Å². The average molecular weight is 715 g/mol. The summed E-state index contributed by atoms with van der Waals surface area (Å²) in [5.41, 5.74) is 3.90. The first kappa shape index (κ1) is 31.5. The van der Waals surface area contributed by atoms with Gasteiger partial charge in [0.15, 0.2) is 4.80 Å². The van der Waals surface area contributed by atoms with Gasteiger partial charge in [0.1, 0.15) is 18.1 Å². The molecule has 7 nitrogen and oxygen atoms in total. The van der Waals surface area contributed by atoms with Crippen molar-refractivity contribution in [1.29, 1.82) is 0 Å². The summed E-state index contributed by atoms with van der Waals surface area (Å²) in [6.07, 6.45) is 1.83. The molecule has 0 saturated heterocycles. The van der Waals surface area contributed by atoms with Gasteiger partial charge in [-0.15, -0.1) is 0 Å². The lowest BCUT2D eigenvalue weighted by atomic mass is 9.95. The summed E-state index contributed by atoms with van der Waals surface area (Å²) in [7, 11) is 0.